The van der Waals surface area contributed by atoms with E-state index in [0.717, 1.165) is 42.4 Å². The fourth-order valence-corrected chi connectivity index (χ4v) is 4.48. The fraction of sp³-hybridized carbons (Fsp3) is 0.421. The Hall–Kier alpha value is -2.21. The molecule has 5 nitrogen and oxygen atoms in total. The molecule has 1 saturated heterocycles. The Labute approximate surface area is 151 Å². The van der Waals surface area contributed by atoms with E-state index in [1.54, 1.807) is 4.90 Å². The van der Waals surface area contributed by atoms with E-state index < -0.39 is 0 Å². The summed E-state index contributed by atoms with van der Waals surface area (Å²) in [6.45, 7) is 3.69. The number of carbonyl (C=O) groups is 2. The minimum absolute atomic E-state index is 0.0731. The minimum Gasteiger partial charge on any atom is -0.312 e. The third kappa shape index (κ3) is 3.06. The van der Waals surface area contributed by atoms with Gasteiger partial charge in [0.25, 0.3) is 0 Å². The second-order valence-electron chi connectivity index (χ2n) is 6.74. The van der Waals surface area contributed by atoms with Crippen molar-refractivity contribution in [3.63, 3.8) is 0 Å². The molecule has 2 amide bonds. The molecule has 1 aromatic carbocycles. The van der Waals surface area contributed by atoms with Gasteiger partial charge in [0.2, 0.25) is 11.8 Å². The maximum absolute atomic E-state index is 12.8. The second-order valence-corrected chi connectivity index (χ2v) is 7.58. The van der Waals surface area contributed by atoms with Crippen LogP contribution in [0.4, 0.5) is 10.8 Å². The van der Waals surface area contributed by atoms with Crippen molar-refractivity contribution in [3.8, 4) is 0 Å². The average Bonchev–Trinajstić information content (AvgIpc) is 3.24. The van der Waals surface area contributed by atoms with E-state index in [1.165, 1.54) is 16.9 Å². The highest BCUT2D eigenvalue weighted by molar-refractivity contribution is 7.14. The summed E-state index contributed by atoms with van der Waals surface area (Å²) in [6.07, 6.45) is 2.74. The molecular weight excluding hydrogens is 334 g/mol. The molecule has 2 aromatic rings. The maximum atomic E-state index is 12.8. The Morgan fingerprint density at radius 3 is 2.96 bits per heavy atom. The molecular formula is C19H21N3O2S. The number of benzene rings is 1. The fourth-order valence-electron chi connectivity index (χ4n) is 3.61. The number of aromatic nitrogens is 1. The monoisotopic (exact) mass is 355 g/mol. The van der Waals surface area contributed by atoms with Gasteiger partial charge in [-0.15, -0.1) is 11.3 Å². The van der Waals surface area contributed by atoms with E-state index in [-0.39, 0.29) is 18.2 Å². The second kappa shape index (κ2) is 6.59. The summed E-state index contributed by atoms with van der Waals surface area (Å²) >= 11 is 1.45. The van der Waals surface area contributed by atoms with Gasteiger partial charge in [0.05, 0.1) is 12.1 Å². The van der Waals surface area contributed by atoms with E-state index in [9.17, 15) is 9.59 Å². The van der Waals surface area contributed by atoms with Crippen molar-refractivity contribution in [3.05, 3.63) is 40.9 Å². The lowest BCUT2D eigenvalue weighted by atomic mass is 9.91. The predicted molar refractivity (Wildman–Crippen MR) is 99.2 cm³/mol. The Bertz CT molecular complexity index is 817. The molecule has 0 bridgehead atoms. The lowest BCUT2D eigenvalue weighted by Crippen LogP contribution is -2.37. The van der Waals surface area contributed by atoms with Crippen LogP contribution < -0.4 is 9.80 Å². The molecule has 0 N–H and O–H groups in total. The number of anilines is 2. The van der Waals surface area contributed by atoms with Crippen molar-refractivity contribution in [1.29, 1.82) is 0 Å². The molecule has 3 heterocycles. The zero-order valence-electron chi connectivity index (χ0n) is 14.3. The first-order valence-electron chi connectivity index (χ1n) is 8.77. The number of fused-ring (bicyclic) bond motifs is 1. The summed E-state index contributed by atoms with van der Waals surface area (Å²) in [5.41, 5.74) is 3.01. The van der Waals surface area contributed by atoms with Gasteiger partial charge in [-0.3, -0.25) is 14.5 Å². The predicted octanol–water partition coefficient (Wildman–Crippen LogP) is 3.35. The molecule has 0 saturated carbocycles. The normalized spacial score (nSPS) is 20.0. The molecule has 1 unspecified atom stereocenters. The van der Waals surface area contributed by atoms with Gasteiger partial charge in [0.15, 0.2) is 5.13 Å². The Balaban J connectivity index is 1.50. The number of hydrogen-bond donors (Lipinski definition) is 0. The number of amides is 2. The standard InChI is InChI=1S/C19H21N3O2S/c1-13-8-10-21(16-6-3-2-5-15(13)16)18(24)11-14-12-25-19(20-14)22-9-4-7-17(22)23/h2-3,5-6,12-13H,4,7-11H2,1H3. The van der Waals surface area contributed by atoms with Gasteiger partial charge < -0.3 is 4.90 Å². The van der Waals surface area contributed by atoms with Crippen LogP contribution in [0.1, 0.15) is 43.4 Å². The molecule has 1 fully saturated rings. The van der Waals surface area contributed by atoms with Gasteiger partial charge >= 0.3 is 0 Å². The molecule has 1 aromatic heterocycles. The highest BCUT2D eigenvalue weighted by Crippen LogP contribution is 2.35. The highest BCUT2D eigenvalue weighted by atomic mass is 32.1. The van der Waals surface area contributed by atoms with Crippen LogP contribution in [0.2, 0.25) is 0 Å². The van der Waals surface area contributed by atoms with Gasteiger partial charge in [0.1, 0.15) is 0 Å². The van der Waals surface area contributed by atoms with Crippen LogP contribution in [-0.2, 0) is 16.0 Å². The van der Waals surface area contributed by atoms with Crippen LogP contribution in [0, 0.1) is 0 Å². The smallest absolute Gasteiger partial charge is 0.233 e. The number of carbonyl (C=O) groups excluding carboxylic acids is 2. The quantitative estimate of drug-likeness (QED) is 0.848. The first-order chi connectivity index (χ1) is 12.1. The van der Waals surface area contributed by atoms with Gasteiger partial charge in [-0.2, -0.15) is 0 Å². The zero-order chi connectivity index (χ0) is 17.4. The van der Waals surface area contributed by atoms with Crippen LogP contribution >= 0.6 is 11.3 Å². The van der Waals surface area contributed by atoms with Crippen LogP contribution in [0.25, 0.3) is 0 Å². The topological polar surface area (TPSA) is 53.5 Å². The lowest BCUT2D eigenvalue weighted by molar-refractivity contribution is -0.118. The van der Waals surface area contributed by atoms with Gasteiger partial charge in [-0.25, -0.2) is 4.98 Å². The minimum atomic E-state index is 0.0731. The van der Waals surface area contributed by atoms with Gasteiger partial charge in [-0.1, -0.05) is 25.1 Å². The number of nitrogens with zero attached hydrogens (tertiary/aromatic N) is 3. The van der Waals surface area contributed by atoms with Crippen LogP contribution in [0.5, 0.6) is 0 Å². The largest absolute Gasteiger partial charge is 0.312 e. The molecule has 4 rings (SSSR count). The Kier molecular flexibility index (Phi) is 4.29. The number of thiazole rings is 1. The van der Waals surface area contributed by atoms with E-state index in [2.05, 4.69) is 18.0 Å². The SMILES string of the molecule is CC1CCN(C(=O)Cc2csc(N3CCCC3=O)n2)c2ccccc21. The molecule has 2 aliphatic heterocycles. The third-order valence-corrected chi connectivity index (χ3v) is 5.93. The van der Waals surface area contributed by atoms with Crippen molar-refractivity contribution in [2.24, 2.45) is 0 Å². The molecule has 6 heteroatoms. The Morgan fingerprint density at radius 2 is 2.16 bits per heavy atom. The van der Waals surface area contributed by atoms with E-state index in [4.69, 9.17) is 0 Å². The zero-order valence-corrected chi connectivity index (χ0v) is 15.1. The first-order valence-corrected chi connectivity index (χ1v) is 9.65. The summed E-state index contributed by atoms with van der Waals surface area (Å²) in [5, 5.41) is 2.62. The van der Waals surface area contributed by atoms with Crippen LogP contribution in [0.3, 0.4) is 0 Å². The average molecular weight is 355 g/mol. The molecule has 0 radical (unpaired) electrons. The number of rotatable bonds is 3. The van der Waals surface area contributed by atoms with E-state index in [1.807, 2.05) is 28.5 Å². The van der Waals surface area contributed by atoms with Crippen molar-refractivity contribution >= 4 is 34.0 Å². The molecule has 0 aliphatic carbocycles. The summed E-state index contributed by atoms with van der Waals surface area (Å²) in [7, 11) is 0. The number of hydrogen-bond acceptors (Lipinski definition) is 4. The van der Waals surface area contributed by atoms with Gasteiger partial charge in [-0.05, 0) is 30.4 Å². The Morgan fingerprint density at radius 1 is 1.32 bits per heavy atom. The lowest BCUT2D eigenvalue weighted by Gasteiger charge is -2.32. The van der Waals surface area contributed by atoms with Crippen LogP contribution in [0.15, 0.2) is 29.6 Å². The molecule has 1 atom stereocenters. The summed E-state index contributed by atoms with van der Waals surface area (Å²) < 4.78 is 0. The van der Waals surface area contributed by atoms with Crippen molar-refractivity contribution < 1.29 is 9.59 Å². The summed E-state index contributed by atoms with van der Waals surface area (Å²) in [5.74, 6) is 0.683. The van der Waals surface area contributed by atoms with Gasteiger partial charge in [0, 0.05) is 30.6 Å². The van der Waals surface area contributed by atoms with Crippen molar-refractivity contribution in [1.82, 2.24) is 4.98 Å². The third-order valence-electron chi connectivity index (χ3n) is 5.02. The summed E-state index contributed by atoms with van der Waals surface area (Å²) in [6, 6.07) is 8.15. The number of para-hydroxylation sites is 1. The van der Waals surface area contributed by atoms with Crippen LogP contribution in [-0.4, -0.2) is 29.9 Å². The molecule has 0 spiro atoms. The maximum Gasteiger partial charge on any atom is 0.233 e. The summed E-state index contributed by atoms with van der Waals surface area (Å²) in [4.78, 5) is 32.8. The first kappa shape index (κ1) is 16.3. The highest BCUT2D eigenvalue weighted by Gasteiger charge is 2.28. The molecule has 25 heavy (non-hydrogen) atoms. The van der Waals surface area contributed by atoms with E-state index >= 15 is 0 Å². The molecule has 130 valence electrons. The molecule has 2 aliphatic rings. The van der Waals surface area contributed by atoms with Crippen molar-refractivity contribution in [2.75, 3.05) is 22.9 Å². The van der Waals surface area contributed by atoms with E-state index in [0.29, 0.717) is 12.3 Å². The van der Waals surface area contributed by atoms with Crippen molar-refractivity contribution in [2.45, 2.75) is 38.5 Å².